The second-order valence-corrected chi connectivity index (χ2v) is 7.96. The Morgan fingerprint density at radius 2 is 2.10 bits per heavy atom. The minimum absolute atomic E-state index is 0.0138. The Morgan fingerprint density at radius 1 is 1.38 bits per heavy atom. The van der Waals surface area contributed by atoms with E-state index in [0.717, 1.165) is 0 Å². The van der Waals surface area contributed by atoms with Crippen LogP contribution in [0.25, 0.3) is 0 Å². The van der Waals surface area contributed by atoms with E-state index in [1.165, 1.54) is 28.2 Å². The van der Waals surface area contributed by atoms with E-state index in [-0.39, 0.29) is 16.0 Å². The Bertz CT molecular complexity index is 709. The molecular formula is C15H19N3O2S. The number of aromatic nitrogens is 1. The van der Waals surface area contributed by atoms with E-state index in [1.807, 2.05) is 12.1 Å². The predicted molar refractivity (Wildman–Crippen MR) is 79.9 cm³/mol. The highest BCUT2D eigenvalue weighted by atomic mass is 32.2. The lowest BCUT2D eigenvalue weighted by atomic mass is 9.83. The normalized spacial score (nSPS) is 17.1. The van der Waals surface area contributed by atoms with Crippen LogP contribution in [0.4, 0.5) is 0 Å². The van der Waals surface area contributed by atoms with Gasteiger partial charge in [-0.1, -0.05) is 32.4 Å². The van der Waals surface area contributed by atoms with Gasteiger partial charge in [-0.25, -0.2) is 13.4 Å². The summed E-state index contributed by atoms with van der Waals surface area (Å²) < 4.78 is 26.7. The van der Waals surface area contributed by atoms with Crippen molar-refractivity contribution in [3.63, 3.8) is 0 Å². The SMILES string of the molecule is CC(C)(C)C1=CCN(S(=O)(=O)c2cccnc2C#N)CC1. The summed E-state index contributed by atoms with van der Waals surface area (Å²) in [5.74, 6) is 0. The molecule has 0 atom stereocenters. The average Bonchev–Trinajstić information content (AvgIpc) is 2.46. The molecule has 1 aromatic heterocycles. The Morgan fingerprint density at radius 3 is 2.62 bits per heavy atom. The van der Waals surface area contributed by atoms with E-state index < -0.39 is 10.0 Å². The van der Waals surface area contributed by atoms with Crippen LogP contribution in [0.3, 0.4) is 0 Å². The van der Waals surface area contributed by atoms with Crippen LogP contribution in [-0.4, -0.2) is 30.8 Å². The van der Waals surface area contributed by atoms with E-state index in [4.69, 9.17) is 5.26 Å². The van der Waals surface area contributed by atoms with Crippen LogP contribution in [0.15, 0.2) is 34.9 Å². The molecule has 0 aromatic carbocycles. The van der Waals surface area contributed by atoms with Gasteiger partial charge in [0.2, 0.25) is 10.0 Å². The maximum Gasteiger partial charge on any atom is 0.246 e. The first-order chi connectivity index (χ1) is 9.76. The summed E-state index contributed by atoms with van der Waals surface area (Å²) in [6, 6.07) is 4.81. The van der Waals surface area contributed by atoms with Gasteiger partial charge in [0.05, 0.1) is 0 Å². The highest BCUT2D eigenvalue weighted by Crippen LogP contribution is 2.31. The van der Waals surface area contributed by atoms with Crippen LogP contribution in [-0.2, 0) is 10.0 Å². The van der Waals surface area contributed by atoms with Crippen molar-refractivity contribution in [1.82, 2.24) is 9.29 Å². The highest BCUT2D eigenvalue weighted by Gasteiger charge is 2.30. The summed E-state index contributed by atoms with van der Waals surface area (Å²) in [7, 11) is -3.67. The molecule has 112 valence electrons. The van der Waals surface area contributed by atoms with Crippen molar-refractivity contribution in [3.8, 4) is 6.07 Å². The fourth-order valence-corrected chi connectivity index (χ4v) is 3.85. The standard InChI is InChI=1S/C15H19N3O2S/c1-15(2,3)12-6-9-18(10-7-12)21(19,20)14-5-4-8-17-13(14)11-16/h4-6,8H,7,9-10H2,1-3H3. The molecule has 0 fully saturated rings. The number of nitrogens with zero attached hydrogens (tertiary/aromatic N) is 3. The van der Waals surface area contributed by atoms with Gasteiger partial charge < -0.3 is 0 Å². The lowest BCUT2D eigenvalue weighted by molar-refractivity contribution is 0.389. The number of nitriles is 1. The van der Waals surface area contributed by atoms with Crippen LogP contribution >= 0.6 is 0 Å². The first-order valence-corrected chi connectivity index (χ1v) is 8.25. The van der Waals surface area contributed by atoms with Gasteiger partial charge in [0.15, 0.2) is 5.69 Å². The minimum Gasteiger partial charge on any atom is -0.244 e. The molecular weight excluding hydrogens is 286 g/mol. The molecule has 21 heavy (non-hydrogen) atoms. The average molecular weight is 305 g/mol. The van der Waals surface area contributed by atoms with Crippen molar-refractivity contribution in [1.29, 1.82) is 5.26 Å². The van der Waals surface area contributed by atoms with Crippen molar-refractivity contribution in [2.75, 3.05) is 13.1 Å². The first kappa shape index (κ1) is 15.7. The number of rotatable bonds is 2. The molecule has 0 radical (unpaired) electrons. The van der Waals surface area contributed by atoms with Gasteiger partial charge in [0.1, 0.15) is 11.0 Å². The molecule has 0 N–H and O–H groups in total. The topological polar surface area (TPSA) is 74.1 Å². The smallest absolute Gasteiger partial charge is 0.244 e. The van der Waals surface area contributed by atoms with Crippen LogP contribution in [0.2, 0.25) is 0 Å². The van der Waals surface area contributed by atoms with Gasteiger partial charge in [0, 0.05) is 19.3 Å². The van der Waals surface area contributed by atoms with Crippen molar-refractivity contribution in [2.24, 2.45) is 5.41 Å². The molecule has 5 nitrogen and oxygen atoms in total. The van der Waals surface area contributed by atoms with Gasteiger partial charge in [-0.05, 0) is 24.0 Å². The third kappa shape index (κ3) is 3.14. The summed E-state index contributed by atoms with van der Waals surface area (Å²) in [5, 5.41) is 9.02. The molecule has 0 spiro atoms. The molecule has 1 aliphatic rings. The molecule has 0 saturated carbocycles. The number of hydrogen-bond donors (Lipinski definition) is 0. The van der Waals surface area contributed by atoms with Crippen molar-refractivity contribution in [2.45, 2.75) is 32.1 Å². The molecule has 2 rings (SSSR count). The van der Waals surface area contributed by atoms with Gasteiger partial charge in [0.25, 0.3) is 0 Å². The molecule has 6 heteroatoms. The number of pyridine rings is 1. The Labute approximate surface area is 126 Å². The second-order valence-electron chi connectivity index (χ2n) is 6.05. The monoisotopic (exact) mass is 305 g/mol. The van der Waals surface area contributed by atoms with Crippen molar-refractivity contribution < 1.29 is 8.42 Å². The Balaban J connectivity index is 2.32. The molecule has 1 aromatic rings. The molecule has 2 heterocycles. The second kappa shape index (κ2) is 5.58. The summed E-state index contributed by atoms with van der Waals surface area (Å²) in [5.41, 5.74) is 1.27. The number of hydrogen-bond acceptors (Lipinski definition) is 4. The molecule has 1 aliphatic heterocycles. The minimum atomic E-state index is -3.67. The van der Waals surface area contributed by atoms with Crippen LogP contribution in [0.1, 0.15) is 32.9 Å². The van der Waals surface area contributed by atoms with E-state index in [9.17, 15) is 8.42 Å². The number of sulfonamides is 1. The van der Waals surface area contributed by atoms with Crippen molar-refractivity contribution >= 4 is 10.0 Å². The summed E-state index contributed by atoms with van der Waals surface area (Å²) in [4.78, 5) is 3.82. The summed E-state index contributed by atoms with van der Waals surface area (Å²) in [6.45, 7) is 7.15. The van der Waals surface area contributed by atoms with Crippen LogP contribution in [0, 0.1) is 16.7 Å². The van der Waals surface area contributed by atoms with Gasteiger partial charge in [-0.2, -0.15) is 9.57 Å². The largest absolute Gasteiger partial charge is 0.246 e. The predicted octanol–water partition coefficient (Wildman–Crippen LogP) is 2.32. The zero-order valence-electron chi connectivity index (χ0n) is 12.5. The lowest BCUT2D eigenvalue weighted by Crippen LogP contribution is -2.36. The van der Waals surface area contributed by atoms with Crippen molar-refractivity contribution in [3.05, 3.63) is 35.7 Å². The summed E-state index contributed by atoms with van der Waals surface area (Å²) >= 11 is 0. The third-order valence-corrected chi connectivity index (χ3v) is 5.53. The Kier molecular flexibility index (Phi) is 4.17. The maximum absolute atomic E-state index is 12.6. The quantitative estimate of drug-likeness (QED) is 0.786. The zero-order valence-corrected chi connectivity index (χ0v) is 13.3. The summed E-state index contributed by atoms with van der Waals surface area (Å²) in [6.07, 6.45) is 4.11. The van der Waals surface area contributed by atoms with Gasteiger partial charge in [-0.3, -0.25) is 0 Å². The molecule has 0 amide bonds. The first-order valence-electron chi connectivity index (χ1n) is 6.81. The van der Waals surface area contributed by atoms with E-state index in [0.29, 0.717) is 19.5 Å². The molecule has 0 aliphatic carbocycles. The fraction of sp³-hybridized carbons (Fsp3) is 0.467. The molecule has 0 bridgehead atoms. The molecule has 0 unspecified atom stereocenters. The highest BCUT2D eigenvalue weighted by molar-refractivity contribution is 7.89. The van der Waals surface area contributed by atoms with Crippen LogP contribution in [0.5, 0.6) is 0 Å². The Hall–Kier alpha value is -1.71. The maximum atomic E-state index is 12.6. The third-order valence-electron chi connectivity index (χ3n) is 3.63. The lowest BCUT2D eigenvalue weighted by Gasteiger charge is -2.31. The van der Waals surface area contributed by atoms with Gasteiger partial charge in [-0.15, -0.1) is 0 Å². The van der Waals surface area contributed by atoms with Gasteiger partial charge >= 0.3 is 0 Å². The fourth-order valence-electron chi connectivity index (χ4n) is 2.37. The zero-order chi connectivity index (χ0) is 15.7. The van der Waals surface area contributed by atoms with Crippen LogP contribution < -0.4 is 0 Å². The van der Waals surface area contributed by atoms with E-state index in [1.54, 1.807) is 0 Å². The molecule has 0 saturated heterocycles. The van der Waals surface area contributed by atoms with E-state index >= 15 is 0 Å². The van der Waals surface area contributed by atoms with E-state index in [2.05, 4.69) is 25.8 Å².